The van der Waals surface area contributed by atoms with Crippen LogP contribution in [0.3, 0.4) is 0 Å². The molecule has 1 saturated heterocycles. The molecule has 0 spiro atoms. The van der Waals surface area contributed by atoms with Crippen LogP contribution in [0.15, 0.2) is 41.0 Å². The first-order valence-corrected chi connectivity index (χ1v) is 11.5. The Morgan fingerprint density at radius 3 is 2.68 bits per heavy atom. The SMILES string of the molecule is Cc1nc2cc(CCC3=C[C@@H](n4cnc(Cl)c(F)c4=O)[C@@H]4OC(C)(C)O[C@H]34)cc(F)c2cc1Cl. The van der Waals surface area contributed by atoms with E-state index in [2.05, 4.69) is 9.97 Å². The molecule has 0 saturated carbocycles. The summed E-state index contributed by atoms with van der Waals surface area (Å²) >= 11 is 11.7. The van der Waals surface area contributed by atoms with Crippen molar-refractivity contribution >= 4 is 34.1 Å². The van der Waals surface area contributed by atoms with E-state index in [4.69, 9.17) is 32.7 Å². The van der Waals surface area contributed by atoms with E-state index < -0.39 is 46.4 Å². The predicted molar refractivity (Wildman–Crippen MR) is 124 cm³/mol. The molecular formula is C24H21Cl2F2N3O3. The highest BCUT2D eigenvalue weighted by molar-refractivity contribution is 6.31. The standard InChI is InChI=1S/C24H21Cl2F2N3O3/c1-11-15(25)9-14-16(27)6-12(7-17(14)30-11)4-5-13-8-18(21-20(13)33-24(2,3)34-21)31-10-29-22(26)19(28)23(31)32/h6-10,18,20-21H,4-5H2,1-3H3/t18-,20-,21+/m1/s1. The molecule has 0 unspecified atom stereocenters. The molecule has 178 valence electrons. The maximum Gasteiger partial charge on any atom is 0.291 e. The maximum absolute atomic E-state index is 14.7. The lowest BCUT2D eigenvalue weighted by Crippen LogP contribution is -2.35. The summed E-state index contributed by atoms with van der Waals surface area (Å²) in [7, 11) is 0. The minimum Gasteiger partial charge on any atom is -0.342 e. The zero-order chi connectivity index (χ0) is 24.4. The van der Waals surface area contributed by atoms with Crippen molar-refractivity contribution in [1.29, 1.82) is 0 Å². The Hall–Kier alpha value is -2.39. The number of pyridine rings is 1. The van der Waals surface area contributed by atoms with Crippen molar-refractivity contribution in [3.63, 3.8) is 0 Å². The smallest absolute Gasteiger partial charge is 0.291 e. The third-order valence-electron chi connectivity index (χ3n) is 6.21. The Kier molecular flexibility index (Phi) is 5.75. The van der Waals surface area contributed by atoms with Gasteiger partial charge in [0, 0.05) is 5.39 Å². The van der Waals surface area contributed by atoms with Gasteiger partial charge < -0.3 is 9.47 Å². The largest absolute Gasteiger partial charge is 0.342 e. The minimum atomic E-state index is -1.12. The Labute approximate surface area is 204 Å². The second-order valence-electron chi connectivity index (χ2n) is 9.01. The normalized spacial score (nSPS) is 23.4. The number of aryl methyl sites for hydroxylation is 2. The Bertz CT molecular complexity index is 1410. The Morgan fingerprint density at radius 1 is 1.15 bits per heavy atom. The highest BCUT2D eigenvalue weighted by Crippen LogP contribution is 2.44. The number of fused-ring (bicyclic) bond motifs is 2. The Balaban J connectivity index is 1.46. The number of aromatic nitrogens is 3. The molecule has 34 heavy (non-hydrogen) atoms. The van der Waals surface area contributed by atoms with Crippen molar-refractivity contribution in [1.82, 2.24) is 14.5 Å². The van der Waals surface area contributed by atoms with E-state index >= 15 is 0 Å². The summed E-state index contributed by atoms with van der Waals surface area (Å²) < 4.78 is 42.2. The summed E-state index contributed by atoms with van der Waals surface area (Å²) in [4.78, 5) is 20.7. The third-order valence-corrected chi connectivity index (χ3v) is 6.86. The van der Waals surface area contributed by atoms with Gasteiger partial charge in [0.15, 0.2) is 10.9 Å². The highest BCUT2D eigenvalue weighted by atomic mass is 35.5. The molecule has 3 aromatic rings. The average Bonchev–Trinajstić information content (AvgIpc) is 3.25. The molecule has 0 bridgehead atoms. The zero-order valence-corrected chi connectivity index (χ0v) is 20.1. The van der Waals surface area contributed by atoms with Gasteiger partial charge in [-0.1, -0.05) is 29.3 Å². The summed E-state index contributed by atoms with van der Waals surface area (Å²) in [6, 6.07) is 4.27. The van der Waals surface area contributed by atoms with Gasteiger partial charge in [0.05, 0.1) is 22.3 Å². The number of ether oxygens (including phenoxy) is 2. The van der Waals surface area contributed by atoms with E-state index in [1.54, 1.807) is 26.8 Å². The first kappa shape index (κ1) is 23.4. The van der Waals surface area contributed by atoms with Gasteiger partial charge in [-0.15, -0.1) is 0 Å². The molecule has 2 aliphatic rings. The quantitative estimate of drug-likeness (QED) is 0.353. The van der Waals surface area contributed by atoms with Gasteiger partial charge >= 0.3 is 0 Å². The molecule has 0 radical (unpaired) electrons. The van der Waals surface area contributed by atoms with E-state index in [0.29, 0.717) is 34.5 Å². The lowest BCUT2D eigenvalue weighted by Gasteiger charge is -2.22. The molecule has 2 aromatic heterocycles. The lowest BCUT2D eigenvalue weighted by molar-refractivity contribution is -0.148. The molecule has 0 amide bonds. The fourth-order valence-electron chi connectivity index (χ4n) is 4.63. The van der Waals surface area contributed by atoms with E-state index in [-0.39, 0.29) is 0 Å². The van der Waals surface area contributed by atoms with E-state index in [1.165, 1.54) is 17.0 Å². The number of hydrogen-bond donors (Lipinski definition) is 0. The molecule has 1 aromatic carbocycles. The summed E-state index contributed by atoms with van der Waals surface area (Å²) in [5.74, 6) is -2.39. The average molecular weight is 508 g/mol. The Morgan fingerprint density at radius 2 is 1.91 bits per heavy atom. The first-order valence-electron chi connectivity index (χ1n) is 10.8. The minimum absolute atomic E-state index is 0.366. The van der Waals surface area contributed by atoms with Crippen LogP contribution in [0.1, 0.15) is 37.6 Å². The summed E-state index contributed by atoms with van der Waals surface area (Å²) in [6.07, 6.45) is 3.10. The van der Waals surface area contributed by atoms with Crippen LogP contribution in [0, 0.1) is 18.6 Å². The summed E-state index contributed by atoms with van der Waals surface area (Å²) in [5, 5.41) is 0.301. The predicted octanol–water partition coefficient (Wildman–Crippen LogP) is 5.32. The van der Waals surface area contributed by atoms with Crippen LogP contribution >= 0.6 is 23.2 Å². The van der Waals surface area contributed by atoms with Crippen molar-refractivity contribution in [3.8, 4) is 0 Å². The molecule has 3 heterocycles. The highest BCUT2D eigenvalue weighted by Gasteiger charge is 2.50. The van der Waals surface area contributed by atoms with Gasteiger partial charge in [-0.3, -0.25) is 14.3 Å². The molecule has 6 nitrogen and oxygen atoms in total. The van der Waals surface area contributed by atoms with Crippen LogP contribution in [0.4, 0.5) is 8.78 Å². The molecule has 5 rings (SSSR count). The van der Waals surface area contributed by atoms with Crippen LogP contribution < -0.4 is 5.56 Å². The van der Waals surface area contributed by atoms with Gasteiger partial charge in [-0.25, -0.2) is 9.37 Å². The zero-order valence-electron chi connectivity index (χ0n) is 18.6. The fourth-order valence-corrected chi connectivity index (χ4v) is 4.90. The van der Waals surface area contributed by atoms with E-state index in [0.717, 1.165) is 11.1 Å². The molecule has 0 N–H and O–H groups in total. The monoisotopic (exact) mass is 507 g/mol. The van der Waals surface area contributed by atoms with Crippen LogP contribution in [0.5, 0.6) is 0 Å². The van der Waals surface area contributed by atoms with Crippen LogP contribution in [0.2, 0.25) is 10.2 Å². The third kappa shape index (κ3) is 4.02. The number of halogens is 4. The van der Waals surface area contributed by atoms with Gasteiger partial charge in [-0.05, 0) is 62.9 Å². The number of rotatable bonds is 4. The van der Waals surface area contributed by atoms with Crippen molar-refractivity contribution in [2.75, 3.05) is 0 Å². The second-order valence-corrected chi connectivity index (χ2v) is 9.78. The molecule has 1 fully saturated rings. The first-order chi connectivity index (χ1) is 16.0. The van der Waals surface area contributed by atoms with Crippen molar-refractivity contribution in [2.24, 2.45) is 0 Å². The van der Waals surface area contributed by atoms with Gasteiger partial charge in [-0.2, -0.15) is 4.39 Å². The maximum atomic E-state index is 14.7. The molecule has 3 atom stereocenters. The fraction of sp³-hybridized carbons (Fsp3) is 0.375. The van der Waals surface area contributed by atoms with Crippen molar-refractivity contribution in [3.05, 3.63) is 79.6 Å². The number of nitrogens with zero attached hydrogens (tertiary/aromatic N) is 3. The van der Waals surface area contributed by atoms with E-state index in [9.17, 15) is 13.6 Å². The molecule has 1 aliphatic heterocycles. The van der Waals surface area contributed by atoms with E-state index in [1.807, 2.05) is 12.1 Å². The van der Waals surface area contributed by atoms with Gasteiger partial charge in [0.1, 0.15) is 24.4 Å². The molecule has 1 aliphatic carbocycles. The van der Waals surface area contributed by atoms with Crippen molar-refractivity contribution in [2.45, 2.75) is 57.6 Å². The van der Waals surface area contributed by atoms with Gasteiger partial charge in [0.25, 0.3) is 5.56 Å². The lowest BCUT2D eigenvalue weighted by atomic mass is 10.0. The molecule has 10 heteroatoms. The van der Waals surface area contributed by atoms with Crippen LogP contribution in [-0.4, -0.2) is 32.5 Å². The second kappa shape index (κ2) is 8.37. The number of benzene rings is 1. The topological polar surface area (TPSA) is 66.2 Å². The number of hydrogen-bond acceptors (Lipinski definition) is 5. The van der Waals surface area contributed by atoms with Crippen LogP contribution in [0.25, 0.3) is 10.9 Å². The van der Waals surface area contributed by atoms with Crippen LogP contribution in [-0.2, 0) is 15.9 Å². The molecular weight excluding hydrogens is 487 g/mol. The summed E-state index contributed by atoms with van der Waals surface area (Å²) in [6.45, 7) is 5.33. The summed E-state index contributed by atoms with van der Waals surface area (Å²) in [5.41, 5.74) is 1.91. The van der Waals surface area contributed by atoms with Crippen molar-refractivity contribution < 1.29 is 18.3 Å². The van der Waals surface area contributed by atoms with Gasteiger partial charge in [0.2, 0.25) is 5.82 Å².